The zero-order chi connectivity index (χ0) is 9.97. The zero-order valence-corrected chi connectivity index (χ0v) is 8.14. The van der Waals surface area contributed by atoms with Crippen molar-refractivity contribution < 1.29 is 4.39 Å². The lowest BCUT2D eigenvalue weighted by Gasteiger charge is -2.00. The van der Waals surface area contributed by atoms with E-state index in [9.17, 15) is 4.39 Å². The van der Waals surface area contributed by atoms with E-state index in [0.29, 0.717) is 0 Å². The minimum Gasteiger partial charge on any atom is -0.350 e. The van der Waals surface area contributed by atoms with Crippen molar-refractivity contribution in [2.45, 2.75) is 0 Å². The van der Waals surface area contributed by atoms with Crippen LogP contribution in [-0.2, 0) is 0 Å². The van der Waals surface area contributed by atoms with Gasteiger partial charge in [-0.25, -0.2) is 4.39 Å². The number of rotatable bonds is 1. The number of hydrogen-bond donors (Lipinski definition) is 1. The Morgan fingerprint density at radius 1 is 1.07 bits per heavy atom. The van der Waals surface area contributed by atoms with Gasteiger partial charge in [-0.2, -0.15) is 0 Å². The van der Waals surface area contributed by atoms with Gasteiger partial charge in [0.05, 0.1) is 0 Å². The topological polar surface area (TPSA) is 15.8 Å². The van der Waals surface area contributed by atoms with Crippen LogP contribution in [0.4, 0.5) is 4.39 Å². The van der Waals surface area contributed by atoms with Crippen LogP contribution in [0.5, 0.6) is 0 Å². The maximum Gasteiger partial charge on any atom is 0.158 e. The van der Waals surface area contributed by atoms with E-state index >= 15 is 0 Å². The molecule has 0 aliphatic carbocycles. The second-order valence-corrected chi connectivity index (χ2v) is 3.34. The molecule has 1 N–H and O–H groups in total. The van der Waals surface area contributed by atoms with Crippen molar-refractivity contribution in [1.29, 1.82) is 0 Å². The highest BCUT2D eigenvalue weighted by molar-refractivity contribution is 7.71. The first-order valence-electron chi connectivity index (χ1n) is 4.21. The molecular formula is C11H8FNS. The van der Waals surface area contributed by atoms with Crippen molar-refractivity contribution in [2.75, 3.05) is 0 Å². The Morgan fingerprint density at radius 3 is 2.43 bits per heavy atom. The summed E-state index contributed by atoms with van der Waals surface area (Å²) in [6, 6.07) is 11.0. The summed E-state index contributed by atoms with van der Waals surface area (Å²) in [6.07, 6.45) is 1.71. The summed E-state index contributed by atoms with van der Waals surface area (Å²) >= 11 is 4.73. The van der Waals surface area contributed by atoms with Gasteiger partial charge in [-0.1, -0.05) is 42.5 Å². The van der Waals surface area contributed by atoms with Gasteiger partial charge in [0.25, 0.3) is 0 Å². The maximum absolute atomic E-state index is 13.1. The average molecular weight is 205 g/mol. The Balaban J connectivity index is 2.54. The van der Waals surface area contributed by atoms with E-state index in [4.69, 9.17) is 12.2 Å². The molecule has 70 valence electrons. The molecule has 2 rings (SSSR count). The molecule has 0 spiro atoms. The van der Waals surface area contributed by atoms with Crippen molar-refractivity contribution >= 4 is 12.2 Å². The molecule has 2 aromatic rings. The molecule has 0 aliphatic rings. The first kappa shape index (κ1) is 9.09. The normalized spacial score (nSPS) is 10.1. The predicted octanol–water partition coefficient (Wildman–Crippen LogP) is 3.55. The van der Waals surface area contributed by atoms with E-state index in [1.807, 2.05) is 30.3 Å². The fourth-order valence-electron chi connectivity index (χ4n) is 1.25. The van der Waals surface area contributed by atoms with Crippen molar-refractivity contribution in [3.63, 3.8) is 0 Å². The predicted molar refractivity (Wildman–Crippen MR) is 57.0 cm³/mol. The van der Waals surface area contributed by atoms with Gasteiger partial charge in [-0.15, -0.1) is 0 Å². The Morgan fingerprint density at radius 2 is 1.79 bits per heavy atom. The third-order valence-electron chi connectivity index (χ3n) is 1.97. The van der Waals surface area contributed by atoms with Crippen LogP contribution in [0.25, 0.3) is 11.1 Å². The summed E-state index contributed by atoms with van der Waals surface area (Å²) in [5.41, 5.74) is 1.77. The Bertz CT molecular complexity index is 490. The maximum atomic E-state index is 13.1. The number of halogens is 1. The highest BCUT2D eigenvalue weighted by atomic mass is 32.1. The molecule has 0 saturated carbocycles. The molecule has 1 aromatic carbocycles. The molecule has 0 saturated heterocycles. The van der Waals surface area contributed by atoms with Crippen molar-refractivity contribution in [2.24, 2.45) is 0 Å². The number of pyridine rings is 1. The lowest BCUT2D eigenvalue weighted by molar-refractivity contribution is 0.617. The van der Waals surface area contributed by atoms with Crippen molar-refractivity contribution in [1.82, 2.24) is 4.98 Å². The largest absolute Gasteiger partial charge is 0.350 e. The SMILES string of the molecule is Fc1cc(-c2ccccc2)c[nH]c1=S. The van der Waals surface area contributed by atoms with E-state index in [0.717, 1.165) is 11.1 Å². The lowest BCUT2D eigenvalue weighted by Crippen LogP contribution is -1.84. The van der Waals surface area contributed by atoms with Crippen LogP contribution in [-0.4, -0.2) is 4.98 Å². The Labute approximate surface area is 86.2 Å². The van der Waals surface area contributed by atoms with E-state index in [2.05, 4.69) is 4.98 Å². The Hall–Kier alpha value is -1.48. The first-order chi connectivity index (χ1) is 6.77. The third-order valence-corrected chi connectivity index (χ3v) is 2.28. The molecule has 0 atom stereocenters. The van der Waals surface area contributed by atoms with Gasteiger partial charge in [0.2, 0.25) is 0 Å². The summed E-state index contributed by atoms with van der Waals surface area (Å²) in [5, 5.41) is 0. The first-order valence-corrected chi connectivity index (χ1v) is 4.62. The molecule has 1 nitrogen and oxygen atoms in total. The summed E-state index contributed by atoms with van der Waals surface area (Å²) in [5.74, 6) is -0.388. The molecule has 0 fully saturated rings. The summed E-state index contributed by atoms with van der Waals surface area (Å²) in [4.78, 5) is 2.71. The summed E-state index contributed by atoms with van der Waals surface area (Å²) in [7, 11) is 0. The number of H-pyrrole nitrogens is 1. The average Bonchev–Trinajstić information content (AvgIpc) is 2.23. The zero-order valence-electron chi connectivity index (χ0n) is 7.33. The highest BCUT2D eigenvalue weighted by Crippen LogP contribution is 2.18. The third kappa shape index (κ3) is 1.72. The van der Waals surface area contributed by atoms with Crippen LogP contribution in [0.15, 0.2) is 42.6 Å². The van der Waals surface area contributed by atoms with E-state index in [1.54, 1.807) is 6.20 Å². The van der Waals surface area contributed by atoms with Crippen LogP contribution in [0.1, 0.15) is 0 Å². The van der Waals surface area contributed by atoms with Crippen LogP contribution >= 0.6 is 12.2 Å². The van der Waals surface area contributed by atoms with Gasteiger partial charge in [0.15, 0.2) is 5.82 Å². The number of aromatic nitrogens is 1. The second kappa shape index (κ2) is 3.72. The minimum atomic E-state index is -0.388. The summed E-state index contributed by atoms with van der Waals surface area (Å²) < 4.78 is 13.3. The quantitative estimate of drug-likeness (QED) is 0.704. The molecule has 1 heterocycles. The molecule has 0 radical (unpaired) electrons. The molecule has 0 bridgehead atoms. The Kier molecular flexibility index (Phi) is 2.41. The highest BCUT2D eigenvalue weighted by Gasteiger charge is 1.99. The smallest absolute Gasteiger partial charge is 0.158 e. The van der Waals surface area contributed by atoms with Crippen LogP contribution < -0.4 is 0 Å². The van der Waals surface area contributed by atoms with Crippen LogP contribution in [0, 0.1) is 10.5 Å². The minimum absolute atomic E-state index is 0.143. The van der Waals surface area contributed by atoms with Crippen molar-refractivity contribution in [3.05, 3.63) is 53.1 Å². The molecule has 1 aromatic heterocycles. The van der Waals surface area contributed by atoms with Gasteiger partial charge in [-0.05, 0) is 11.6 Å². The number of nitrogens with one attached hydrogen (secondary N) is 1. The number of benzene rings is 1. The molecule has 0 amide bonds. The molecule has 14 heavy (non-hydrogen) atoms. The van der Waals surface area contributed by atoms with E-state index < -0.39 is 0 Å². The second-order valence-electron chi connectivity index (χ2n) is 2.93. The monoisotopic (exact) mass is 205 g/mol. The van der Waals surface area contributed by atoms with Gasteiger partial charge >= 0.3 is 0 Å². The summed E-state index contributed by atoms with van der Waals surface area (Å²) in [6.45, 7) is 0. The standard InChI is InChI=1S/C11H8FNS/c12-10-6-9(7-13-11(10)14)8-4-2-1-3-5-8/h1-7H,(H,13,14). The lowest BCUT2D eigenvalue weighted by atomic mass is 10.1. The van der Waals surface area contributed by atoms with Gasteiger partial charge in [-0.3, -0.25) is 0 Å². The van der Waals surface area contributed by atoms with Crippen LogP contribution in [0.2, 0.25) is 0 Å². The number of aromatic amines is 1. The van der Waals surface area contributed by atoms with Crippen molar-refractivity contribution in [3.8, 4) is 11.1 Å². The number of hydrogen-bond acceptors (Lipinski definition) is 1. The van der Waals surface area contributed by atoms with E-state index in [-0.39, 0.29) is 10.5 Å². The van der Waals surface area contributed by atoms with Gasteiger partial charge < -0.3 is 4.98 Å². The molecule has 3 heteroatoms. The van der Waals surface area contributed by atoms with E-state index in [1.165, 1.54) is 6.07 Å². The van der Waals surface area contributed by atoms with Gasteiger partial charge in [0, 0.05) is 11.8 Å². The van der Waals surface area contributed by atoms with Gasteiger partial charge in [0.1, 0.15) is 4.64 Å². The fraction of sp³-hybridized carbons (Fsp3) is 0. The molecule has 0 aliphatic heterocycles. The molecule has 0 unspecified atom stereocenters. The molecular weight excluding hydrogens is 197 g/mol. The van der Waals surface area contributed by atoms with Crippen LogP contribution in [0.3, 0.4) is 0 Å². The fourth-order valence-corrected chi connectivity index (χ4v) is 1.37.